The van der Waals surface area contributed by atoms with Crippen LogP contribution in [0.4, 0.5) is 5.69 Å². The number of anilines is 1. The molecule has 168 valence electrons. The third-order valence-electron chi connectivity index (χ3n) is 5.94. The molecule has 1 unspecified atom stereocenters. The summed E-state index contributed by atoms with van der Waals surface area (Å²) in [6.45, 7) is 3.71. The maximum Gasteiger partial charge on any atom is 0.282 e. The molecular weight excluding hydrogens is 408 g/mol. The van der Waals surface area contributed by atoms with Crippen LogP contribution in [-0.4, -0.2) is 55.2 Å². The molecule has 4 rings (SSSR count). The fourth-order valence-corrected chi connectivity index (χ4v) is 4.34. The standard InChI is InChI=1S/C25H28N2O5/c1-3-32-21-12-8-19(9-13-21)27-24(29)22(18-6-10-20(31-2)11-7-18)23(25(27)30)26-14-4-5-17(15-26)16-28/h6-13,17,28H,3-5,14-16H2,1-2H3. The van der Waals surface area contributed by atoms with Gasteiger partial charge in [-0.05, 0) is 67.6 Å². The van der Waals surface area contributed by atoms with E-state index in [1.807, 2.05) is 11.8 Å². The third kappa shape index (κ3) is 4.08. The Morgan fingerprint density at radius 1 is 1.00 bits per heavy atom. The zero-order valence-corrected chi connectivity index (χ0v) is 18.4. The molecule has 0 radical (unpaired) electrons. The Kier molecular flexibility index (Phi) is 6.46. The quantitative estimate of drug-likeness (QED) is 0.672. The highest BCUT2D eigenvalue weighted by atomic mass is 16.5. The van der Waals surface area contributed by atoms with Crippen molar-refractivity contribution in [3.8, 4) is 11.5 Å². The molecule has 2 aliphatic heterocycles. The number of methoxy groups -OCH3 is 1. The van der Waals surface area contributed by atoms with Crippen molar-refractivity contribution in [1.29, 1.82) is 0 Å². The van der Waals surface area contributed by atoms with Crippen LogP contribution in [0.15, 0.2) is 54.2 Å². The van der Waals surface area contributed by atoms with Crippen molar-refractivity contribution < 1.29 is 24.2 Å². The predicted molar refractivity (Wildman–Crippen MR) is 121 cm³/mol. The minimum atomic E-state index is -0.356. The van der Waals surface area contributed by atoms with Gasteiger partial charge < -0.3 is 19.5 Å². The third-order valence-corrected chi connectivity index (χ3v) is 5.94. The van der Waals surface area contributed by atoms with E-state index in [1.165, 1.54) is 4.90 Å². The molecule has 2 aliphatic rings. The average Bonchev–Trinajstić information content (AvgIpc) is 3.10. The fourth-order valence-electron chi connectivity index (χ4n) is 4.34. The Morgan fingerprint density at radius 2 is 1.69 bits per heavy atom. The average molecular weight is 437 g/mol. The van der Waals surface area contributed by atoms with E-state index >= 15 is 0 Å². The molecule has 0 saturated carbocycles. The number of amides is 2. The summed E-state index contributed by atoms with van der Waals surface area (Å²) in [4.78, 5) is 30.4. The Balaban J connectivity index is 1.75. The Labute approximate surface area is 187 Å². The molecule has 7 nitrogen and oxygen atoms in total. The normalized spacial score (nSPS) is 19.0. The zero-order valence-electron chi connectivity index (χ0n) is 18.4. The number of aliphatic hydroxyl groups excluding tert-OH is 1. The van der Waals surface area contributed by atoms with Gasteiger partial charge in [0.2, 0.25) is 0 Å². The number of ether oxygens (including phenoxy) is 2. The number of imide groups is 1. The van der Waals surface area contributed by atoms with E-state index in [9.17, 15) is 14.7 Å². The molecule has 1 atom stereocenters. The van der Waals surface area contributed by atoms with Gasteiger partial charge in [-0.15, -0.1) is 0 Å². The molecule has 0 bridgehead atoms. The van der Waals surface area contributed by atoms with Crippen LogP contribution in [0.1, 0.15) is 25.3 Å². The van der Waals surface area contributed by atoms with Crippen molar-refractivity contribution in [1.82, 2.24) is 4.90 Å². The lowest BCUT2D eigenvalue weighted by Gasteiger charge is -2.34. The molecule has 0 aromatic heterocycles. The summed E-state index contributed by atoms with van der Waals surface area (Å²) in [5.41, 5.74) is 1.94. The number of aliphatic hydroxyl groups is 1. The molecule has 2 aromatic rings. The smallest absolute Gasteiger partial charge is 0.282 e. The van der Waals surface area contributed by atoms with Crippen LogP contribution in [0.25, 0.3) is 5.57 Å². The molecule has 32 heavy (non-hydrogen) atoms. The predicted octanol–water partition coefficient (Wildman–Crippen LogP) is 3.08. The van der Waals surface area contributed by atoms with E-state index in [0.717, 1.165) is 12.8 Å². The number of likely N-dealkylation sites (tertiary alicyclic amines) is 1. The second kappa shape index (κ2) is 9.44. The van der Waals surface area contributed by atoms with Gasteiger partial charge in [0.05, 0.1) is 25.0 Å². The number of hydrogen-bond acceptors (Lipinski definition) is 6. The first-order valence-corrected chi connectivity index (χ1v) is 10.9. The van der Waals surface area contributed by atoms with Crippen molar-refractivity contribution in [2.24, 2.45) is 5.92 Å². The lowest BCUT2D eigenvalue weighted by Crippen LogP contribution is -2.40. The van der Waals surface area contributed by atoms with Gasteiger partial charge in [-0.25, -0.2) is 4.90 Å². The zero-order chi connectivity index (χ0) is 22.7. The van der Waals surface area contributed by atoms with E-state index in [-0.39, 0.29) is 24.3 Å². The molecule has 2 aromatic carbocycles. The fraction of sp³-hybridized carbons (Fsp3) is 0.360. The van der Waals surface area contributed by atoms with E-state index < -0.39 is 0 Å². The first-order valence-electron chi connectivity index (χ1n) is 10.9. The van der Waals surface area contributed by atoms with Crippen molar-refractivity contribution in [3.63, 3.8) is 0 Å². The van der Waals surface area contributed by atoms with Crippen molar-refractivity contribution in [2.75, 3.05) is 38.3 Å². The van der Waals surface area contributed by atoms with E-state index in [4.69, 9.17) is 9.47 Å². The number of carbonyl (C=O) groups is 2. The number of hydrogen-bond donors (Lipinski definition) is 1. The van der Waals surface area contributed by atoms with Gasteiger partial charge in [0, 0.05) is 19.7 Å². The maximum atomic E-state index is 13.6. The molecule has 2 amide bonds. The van der Waals surface area contributed by atoms with Crippen LogP contribution < -0.4 is 14.4 Å². The molecule has 1 saturated heterocycles. The van der Waals surface area contributed by atoms with E-state index in [1.54, 1.807) is 55.6 Å². The van der Waals surface area contributed by atoms with Gasteiger partial charge in [-0.1, -0.05) is 12.1 Å². The van der Waals surface area contributed by atoms with Gasteiger partial charge in [0.1, 0.15) is 17.2 Å². The first kappa shape index (κ1) is 21.9. The molecule has 1 fully saturated rings. The van der Waals surface area contributed by atoms with Gasteiger partial charge >= 0.3 is 0 Å². The summed E-state index contributed by atoms with van der Waals surface area (Å²) >= 11 is 0. The van der Waals surface area contributed by atoms with Crippen LogP contribution >= 0.6 is 0 Å². The summed E-state index contributed by atoms with van der Waals surface area (Å²) in [5.74, 6) is 0.736. The SMILES string of the molecule is CCOc1ccc(N2C(=O)C(c3ccc(OC)cc3)=C(N3CCCC(CO)C3)C2=O)cc1. The lowest BCUT2D eigenvalue weighted by molar-refractivity contribution is -0.120. The minimum absolute atomic E-state index is 0.0619. The Morgan fingerprint density at radius 3 is 2.31 bits per heavy atom. The highest BCUT2D eigenvalue weighted by Gasteiger charge is 2.43. The summed E-state index contributed by atoms with van der Waals surface area (Å²) in [6.07, 6.45) is 1.76. The maximum absolute atomic E-state index is 13.6. The van der Waals surface area contributed by atoms with Crippen LogP contribution in [0.3, 0.4) is 0 Å². The van der Waals surface area contributed by atoms with E-state index in [2.05, 4.69) is 0 Å². The number of nitrogens with zero attached hydrogens (tertiary/aromatic N) is 2. The van der Waals surface area contributed by atoms with Gasteiger partial charge in [0.15, 0.2) is 0 Å². The van der Waals surface area contributed by atoms with Crippen LogP contribution in [0, 0.1) is 5.92 Å². The molecule has 2 heterocycles. The molecular formula is C25H28N2O5. The number of rotatable bonds is 7. The van der Waals surface area contributed by atoms with Crippen LogP contribution in [0.2, 0.25) is 0 Å². The van der Waals surface area contributed by atoms with Gasteiger partial charge in [-0.2, -0.15) is 0 Å². The molecule has 0 spiro atoms. The van der Waals surface area contributed by atoms with Crippen molar-refractivity contribution in [3.05, 3.63) is 59.8 Å². The Bertz CT molecular complexity index is 1010. The largest absolute Gasteiger partial charge is 0.497 e. The highest BCUT2D eigenvalue weighted by Crippen LogP contribution is 2.37. The van der Waals surface area contributed by atoms with Gasteiger partial charge in [-0.3, -0.25) is 9.59 Å². The van der Waals surface area contributed by atoms with Gasteiger partial charge in [0.25, 0.3) is 11.8 Å². The lowest BCUT2D eigenvalue weighted by atomic mass is 9.97. The van der Waals surface area contributed by atoms with E-state index in [0.29, 0.717) is 53.7 Å². The number of benzene rings is 2. The monoisotopic (exact) mass is 436 g/mol. The second-order valence-electron chi connectivity index (χ2n) is 7.96. The summed E-state index contributed by atoms with van der Waals surface area (Å²) in [7, 11) is 1.58. The molecule has 1 N–H and O–H groups in total. The summed E-state index contributed by atoms with van der Waals surface area (Å²) in [5, 5.41) is 9.68. The Hall–Kier alpha value is -3.32. The molecule has 0 aliphatic carbocycles. The molecule has 7 heteroatoms. The van der Waals surface area contributed by atoms with Crippen LogP contribution in [-0.2, 0) is 9.59 Å². The first-order chi connectivity index (χ1) is 15.6. The van der Waals surface area contributed by atoms with Crippen LogP contribution in [0.5, 0.6) is 11.5 Å². The number of carbonyl (C=O) groups excluding carboxylic acids is 2. The summed E-state index contributed by atoms with van der Waals surface area (Å²) in [6, 6.07) is 14.1. The summed E-state index contributed by atoms with van der Waals surface area (Å²) < 4.78 is 10.7. The van der Waals surface area contributed by atoms with Crippen molar-refractivity contribution >= 4 is 23.1 Å². The minimum Gasteiger partial charge on any atom is -0.497 e. The second-order valence-corrected chi connectivity index (χ2v) is 7.96. The topological polar surface area (TPSA) is 79.3 Å². The van der Waals surface area contributed by atoms with Crippen molar-refractivity contribution in [2.45, 2.75) is 19.8 Å². The highest BCUT2D eigenvalue weighted by molar-refractivity contribution is 6.45. The number of piperidine rings is 1.